The van der Waals surface area contributed by atoms with Crippen molar-refractivity contribution in [2.75, 3.05) is 18.4 Å². The van der Waals surface area contributed by atoms with Crippen molar-refractivity contribution in [2.45, 2.75) is 31.1 Å². The topological polar surface area (TPSA) is 102 Å². The summed E-state index contributed by atoms with van der Waals surface area (Å²) in [6, 6.07) is 8.48. The predicted octanol–water partition coefficient (Wildman–Crippen LogP) is 2.69. The van der Waals surface area contributed by atoms with E-state index in [0.717, 1.165) is 5.82 Å². The first-order valence-electron chi connectivity index (χ1n) is 10.00. The minimum Gasteiger partial charge on any atom is -0.352 e. The molecule has 10 heteroatoms. The molecule has 160 valence electrons. The zero-order chi connectivity index (χ0) is 21.4. The number of benzene rings is 1. The van der Waals surface area contributed by atoms with Crippen LogP contribution in [0.2, 0.25) is 5.02 Å². The van der Waals surface area contributed by atoms with E-state index in [1.807, 2.05) is 10.8 Å². The molecule has 0 saturated carbocycles. The van der Waals surface area contributed by atoms with Crippen molar-refractivity contribution in [1.82, 2.24) is 19.6 Å². The van der Waals surface area contributed by atoms with Crippen LogP contribution in [0.3, 0.4) is 0 Å². The number of piperidine rings is 1. The van der Waals surface area contributed by atoms with E-state index in [1.54, 1.807) is 41.4 Å². The molecule has 0 bridgehead atoms. The molecule has 0 radical (unpaired) electrons. The first-order valence-corrected chi connectivity index (χ1v) is 10.4. The number of rotatable bonds is 3. The highest BCUT2D eigenvalue weighted by atomic mass is 35.5. The summed E-state index contributed by atoms with van der Waals surface area (Å²) in [6.45, 7) is 1.28. The fourth-order valence-corrected chi connectivity index (χ4v) is 4.31. The van der Waals surface area contributed by atoms with Gasteiger partial charge < -0.3 is 24.0 Å². The van der Waals surface area contributed by atoms with Gasteiger partial charge in [-0.3, -0.25) is 9.59 Å². The number of nitrogens with zero attached hydrogens (tertiary/aromatic N) is 4. The van der Waals surface area contributed by atoms with Crippen LogP contribution in [-0.4, -0.2) is 50.6 Å². The van der Waals surface area contributed by atoms with Gasteiger partial charge in [-0.15, -0.1) is 0 Å². The Morgan fingerprint density at radius 3 is 2.61 bits per heavy atom. The van der Waals surface area contributed by atoms with Gasteiger partial charge in [0, 0.05) is 55.1 Å². The molecule has 2 aliphatic rings. The van der Waals surface area contributed by atoms with Crippen LogP contribution in [0.15, 0.2) is 53.4 Å². The molecule has 2 aromatic heterocycles. The summed E-state index contributed by atoms with van der Waals surface area (Å²) >= 11 is 5.92. The monoisotopic (exact) mass is 441 g/mol. The van der Waals surface area contributed by atoms with E-state index in [4.69, 9.17) is 20.9 Å². The number of anilines is 1. The second-order valence-electron chi connectivity index (χ2n) is 7.67. The molecular formula is C21H20ClN5O4. The molecule has 2 aliphatic heterocycles. The van der Waals surface area contributed by atoms with Crippen molar-refractivity contribution >= 4 is 29.1 Å². The fourth-order valence-electron chi connectivity index (χ4n) is 4.18. The van der Waals surface area contributed by atoms with E-state index in [9.17, 15) is 9.59 Å². The molecule has 0 unspecified atom stereocenters. The van der Waals surface area contributed by atoms with Gasteiger partial charge in [-0.2, -0.15) is 0 Å². The summed E-state index contributed by atoms with van der Waals surface area (Å²) in [6.07, 6.45) is 5.38. The minimum atomic E-state index is -0.734. The molecule has 2 amide bonds. The van der Waals surface area contributed by atoms with Crippen molar-refractivity contribution in [3.63, 3.8) is 0 Å². The Bertz CT molecular complexity index is 1090. The lowest BCUT2D eigenvalue weighted by Gasteiger charge is -2.45. The maximum atomic E-state index is 13.0. The minimum absolute atomic E-state index is 0.205. The lowest BCUT2D eigenvalue weighted by Crippen LogP contribution is -2.54. The molecule has 3 aromatic rings. The molecule has 1 atom stereocenters. The van der Waals surface area contributed by atoms with Gasteiger partial charge >= 0.3 is 0 Å². The smallest absolute Gasteiger partial charge is 0.292 e. The molecule has 9 nitrogen and oxygen atoms in total. The number of halogens is 1. The fraction of sp³-hybridized carbons (Fsp3) is 0.333. The molecule has 1 spiro atoms. The molecule has 5 rings (SSSR count). The van der Waals surface area contributed by atoms with Gasteiger partial charge in [-0.25, -0.2) is 4.98 Å². The first kappa shape index (κ1) is 19.8. The third-order valence-corrected chi connectivity index (χ3v) is 6.02. The second-order valence-corrected chi connectivity index (χ2v) is 8.11. The quantitative estimate of drug-likeness (QED) is 0.670. The summed E-state index contributed by atoms with van der Waals surface area (Å²) in [5, 5.41) is 7.09. The van der Waals surface area contributed by atoms with Crippen molar-refractivity contribution in [2.24, 2.45) is 0 Å². The number of ether oxygens (including phenoxy) is 1. The number of carbonyl (C=O) groups is 2. The molecule has 1 fully saturated rings. The van der Waals surface area contributed by atoms with Gasteiger partial charge in [0.05, 0.1) is 12.7 Å². The van der Waals surface area contributed by atoms with Crippen LogP contribution < -0.4 is 5.32 Å². The molecule has 4 heterocycles. The first-order chi connectivity index (χ1) is 15.0. The Morgan fingerprint density at radius 1 is 1.13 bits per heavy atom. The maximum Gasteiger partial charge on any atom is 0.292 e. The zero-order valence-electron chi connectivity index (χ0n) is 16.5. The SMILES string of the molecule is O=C(Nc1ccc(Cl)cc1)[C@H]1Cn2ccnc2C2(CCN(C(=O)c3ccno3)CC2)O1. The van der Waals surface area contributed by atoms with E-state index in [0.29, 0.717) is 43.2 Å². The number of aromatic nitrogens is 3. The summed E-state index contributed by atoms with van der Waals surface area (Å²) in [4.78, 5) is 31.7. The van der Waals surface area contributed by atoms with Crippen LogP contribution in [-0.2, 0) is 21.7 Å². The summed E-state index contributed by atoms with van der Waals surface area (Å²) < 4.78 is 13.3. The predicted molar refractivity (Wildman–Crippen MR) is 111 cm³/mol. The third kappa shape index (κ3) is 3.70. The van der Waals surface area contributed by atoms with Crippen molar-refractivity contribution < 1.29 is 18.8 Å². The molecule has 1 aromatic carbocycles. The highest BCUT2D eigenvalue weighted by Gasteiger charge is 2.47. The Labute approximate surface area is 182 Å². The second kappa shape index (κ2) is 7.82. The number of amides is 2. The normalized spacial score (nSPS) is 19.8. The van der Waals surface area contributed by atoms with Gasteiger partial charge in [0.2, 0.25) is 5.76 Å². The standard InChI is InChI=1S/C21H20ClN5O4/c22-14-1-3-15(4-2-14)25-18(28)17-13-27-12-9-23-20(27)21(30-17)6-10-26(11-7-21)19(29)16-5-8-24-31-16/h1-5,8-9,12,17H,6-7,10-11,13H2,(H,25,28)/t17-/m1/s1. The lowest BCUT2D eigenvalue weighted by molar-refractivity contribution is -0.168. The van der Waals surface area contributed by atoms with Crippen LogP contribution in [0.25, 0.3) is 0 Å². The van der Waals surface area contributed by atoms with E-state index in [1.165, 1.54) is 6.20 Å². The van der Waals surface area contributed by atoms with Crippen LogP contribution in [0.5, 0.6) is 0 Å². The van der Waals surface area contributed by atoms with Gasteiger partial charge in [-0.1, -0.05) is 16.8 Å². The largest absolute Gasteiger partial charge is 0.352 e. The average Bonchev–Trinajstić information content (AvgIpc) is 3.48. The number of likely N-dealkylation sites (tertiary alicyclic amines) is 1. The van der Waals surface area contributed by atoms with Crippen molar-refractivity contribution in [3.8, 4) is 0 Å². The lowest BCUT2D eigenvalue weighted by atomic mass is 9.88. The van der Waals surface area contributed by atoms with E-state index in [-0.39, 0.29) is 17.6 Å². The Hall–Kier alpha value is -3.17. The number of nitrogens with one attached hydrogen (secondary N) is 1. The van der Waals surface area contributed by atoms with Crippen LogP contribution in [0.4, 0.5) is 5.69 Å². The number of hydrogen-bond donors (Lipinski definition) is 1. The summed E-state index contributed by atoms with van der Waals surface area (Å²) in [5.74, 6) is 0.557. The van der Waals surface area contributed by atoms with Crippen LogP contribution >= 0.6 is 11.6 Å². The van der Waals surface area contributed by atoms with Gasteiger partial charge in [-0.05, 0) is 24.3 Å². The highest BCUT2D eigenvalue weighted by Crippen LogP contribution is 2.40. The summed E-state index contributed by atoms with van der Waals surface area (Å²) in [7, 11) is 0. The van der Waals surface area contributed by atoms with Crippen LogP contribution in [0.1, 0.15) is 29.2 Å². The average molecular weight is 442 g/mol. The van der Waals surface area contributed by atoms with Gasteiger partial charge in [0.15, 0.2) is 6.10 Å². The third-order valence-electron chi connectivity index (χ3n) is 5.76. The van der Waals surface area contributed by atoms with E-state index in [2.05, 4.69) is 15.5 Å². The number of carbonyl (C=O) groups excluding carboxylic acids is 2. The molecular weight excluding hydrogens is 422 g/mol. The van der Waals surface area contributed by atoms with Gasteiger partial charge in [0.25, 0.3) is 11.8 Å². The van der Waals surface area contributed by atoms with Crippen LogP contribution in [0, 0.1) is 0 Å². The van der Waals surface area contributed by atoms with E-state index < -0.39 is 11.7 Å². The van der Waals surface area contributed by atoms with Crippen molar-refractivity contribution in [3.05, 3.63) is 65.5 Å². The Balaban J connectivity index is 1.32. The molecule has 0 aliphatic carbocycles. The molecule has 1 N–H and O–H groups in total. The Morgan fingerprint density at radius 2 is 1.90 bits per heavy atom. The van der Waals surface area contributed by atoms with E-state index >= 15 is 0 Å². The highest BCUT2D eigenvalue weighted by molar-refractivity contribution is 6.30. The van der Waals surface area contributed by atoms with Gasteiger partial charge in [0.1, 0.15) is 11.4 Å². The molecule has 1 saturated heterocycles. The number of imidazole rings is 1. The zero-order valence-corrected chi connectivity index (χ0v) is 17.3. The maximum absolute atomic E-state index is 13.0. The Kier molecular flexibility index (Phi) is 4.99. The molecule has 31 heavy (non-hydrogen) atoms. The summed E-state index contributed by atoms with van der Waals surface area (Å²) in [5.41, 5.74) is -0.0852. The van der Waals surface area contributed by atoms with Crippen molar-refractivity contribution in [1.29, 1.82) is 0 Å². The number of hydrogen-bond acceptors (Lipinski definition) is 6. The number of fused-ring (bicyclic) bond motifs is 2.